The molecule has 3 aromatic rings. The van der Waals surface area contributed by atoms with Crippen molar-refractivity contribution in [1.29, 1.82) is 0 Å². The molecule has 0 N–H and O–H groups in total. The molecule has 170 valence electrons. The van der Waals surface area contributed by atoms with Gasteiger partial charge < -0.3 is 23.7 Å². The molecule has 0 radical (unpaired) electrons. The predicted molar refractivity (Wildman–Crippen MR) is 129 cm³/mol. The minimum Gasteiger partial charge on any atom is -0.496 e. The van der Waals surface area contributed by atoms with E-state index in [0.29, 0.717) is 46.5 Å². The molecule has 0 bridgehead atoms. The van der Waals surface area contributed by atoms with Crippen LogP contribution in [-0.2, 0) is 6.61 Å². The Labute approximate surface area is 200 Å². The summed E-state index contributed by atoms with van der Waals surface area (Å²) >= 11 is 3.43. The van der Waals surface area contributed by atoms with E-state index in [9.17, 15) is 4.79 Å². The molecule has 1 aliphatic heterocycles. The summed E-state index contributed by atoms with van der Waals surface area (Å²) in [7, 11) is 4.65. The highest BCUT2D eigenvalue weighted by Crippen LogP contribution is 2.41. The first-order chi connectivity index (χ1) is 15.9. The number of ketones is 1. The first kappa shape index (κ1) is 22.7. The summed E-state index contributed by atoms with van der Waals surface area (Å²) in [6.45, 7) is 2.29. The molecule has 0 aliphatic carbocycles. The van der Waals surface area contributed by atoms with Crippen molar-refractivity contribution in [1.82, 2.24) is 0 Å². The highest BCUT2D eigenvalue weighted by atomic mass is 79.9. The van der Waals surface area contributed by atoms with Gasteiger partial charge in [-0.25, -0.2) is 0 Å². The summed E-state index contributed by atoms with van der Waals surface area (Å²) in [6, 6.07) is 14.9. The van der Waals surface area contributed by atoms with Crippen molar-refractivity contribution in [2.75, 3.05) is 21.3 Å². The molecule has 1 aliphatic rings. The minimum atomic E-state index is -0.204. The fraction of sp³-hybridized carbons (Fsp3) is 0.192. The number of fused-ring (bicyclic) bond motifs is 1. The van der Waals surface area contributed by atoms with Crippen LogP contribution >= 0.6 is 15.9 Å². The van der Waals surface area contributed by atoms with Crippen LogP contribution in [0.1, 0.15) is 27.0 Å². The average Bonchev–Trinajstić information content (AvgIpc) is 3.15. The molecule has 0 saturated carbocycles. The van der Waals surface area contributed by atoms with Crippen LogP contribution in [0.3, 0.4) is 0 Å². The fourth-order valence-corrected chi connectivity index (χ4v) is 3.84. The molecule has 0 fully saturated rings. The summed E-state index contributed by atoms with van der Waals surface area (Å²) in [5, 5.41) is 0. The van der Waals surface area contributed by atoms with E-state index in [1.807, 2.05) is 31.2 Å². The van der Waals surface area contributed by atoms with Gasteiger partial charge in [-0.3, -0.25) is 4.79 Å². The van der Waals surface area contributed by atoms with Crippen LogP contribution in [0.4, 0.5) is 0 Å². The quantitative estimate of drug-likeness (QED) is 0.364. The molecule has 0 atom stereocenters. The van der Waals surface area contributed by atoms with Gasteiger partial charge in [-0.05, 0) is 48.9 Å². The lowest BCUT2D eigenvalue weighted by Gasteiger charge is -2.13. The monoisotopic (exact) mass is 510 g/mol. The Morgan fingerprint density at radius 3 is 2.21 bits per heavy atom. The number of Topliss-reactive ketones (excluding diaryl/α,β-unsaturated/α-hetero) is 1. The molecule has 1 heterocycles. The number of hydrogen-bond donors (Lipinski definition) is 0. The van der Waals surface area contributed by atoms with Crippen molar-refractivity contribution in [3.63, 3.8) is 0 Å². The van der Waals surface area contributed by atoms with Gasteiger partial charge in [-0.2, -0.15) is 0 Å². The zero-order chi connectivity index (χ0) is 23.5. The molecule has 0 unspecified atom stereocenters. The highest BCUT2D eigenvalue weighted by molar-refractivity contribution is 9.10. The van der Waals surface area contributed by atoms with Crippen molar-refractivity contribution in [2.24, 2.45) is 0 Å². The second-order valence-electron chi connectivity index (χ2n) is 7.37. The predicted octanol–water partition coefficient (Wildman–Crippen LogP) is 5.98. The largest absolute Gasteiger partial charge is 0.496 e. The van der Waals surface area contributed by atoms with Crippen molar-refractivity contribution in [3.05, 3.63) is 81.0 Å². The standard InChI is InChI=1S/C26H23BrO6/c1-15-20(32-14-16-5-7-18(27)8-6-16)10-9-19-25(28)24(33-26(15)19)12-17-11-22(30-3)23(31-4)13-21(17)29-2/h5-13H,14H2,1-4H3/b24-12-. The molecule has 33 heavy (non-hydrogen) atoms. The van der Waals surface area contributed by atoms with Gasteiger partial charge in [0.25, 0.3) is 0 Å². The Kier molecular flexibility index (Phi) is 6.60. The topological polar surface area (TPSA) is 63.2 Å². The van der Waals surface area contributed by atoms with E-state index in [1.54, 1.807) is 51.7 Å². The average molecular weight is 511 g/mol. The molecule has 0 aromatic heterocycles. The fourth-order valence-electron chi connectivity index (χ4n) is 3.57. The maximum Gasteiger partial charge on any atom is 0.231 e. The zero-order valence-electron chi connectivity index (χ0n) is 18.7. The number of halogens is 1. The van der Waals surface area contributed by atoms with Crippen LogP contribution < -0.4 is 23.7 Å². The zero-order valence-corrected chi connectivity index (χ0v) is 20.3. The Balaban J connectivity index is 1.61. The van der Waals surface area contributed by atoms with Gasteiger partial charge in [-0.1, -0.05) is 28.1 Å². The maximum absolute atomic E-state index is 13.0. The van der Waals surface area contributed by atoms with Crippen LogP contribution in [0.2, 0.25) is 0 Å². The lowest BCUT2D eigenvalue weighted by molar-refractivity contribution is 0.101. The molecule has 0 saturated heterocycles. The van der Waals surface area contributed by atoms with Crippen LogP contribution in [-0.4, -0.2) is 27.1 Å². The van der Waals surface area contributed by atoms with Crippen LogP contribution in [0.5, 0.6) is 28.7 Å². The van der Waals surface area contributed by atoms with E-state index < -0.39 is 0 Å². The number of rotatable bonds is 7. The third-order valence-electron chi connectivity index (χ3n) is 5.37. The van der Waals surface area contributed by atoms with Crippen LogP contribution in [0.15, 0.2) is 58.8 Å². The Morgan fingerprint density at radius 1 is 0.879 bits per heavy atom. The van der Waals surface area contributed by atoms with Gasteiger partial charge in [0.2, 0.25) is 5.78 Å². The summed E-state index contributed by atoms with van der Waals surface area (Å²) in [4.78, 5) is 13.0. The molecule has 0 spiro atoms. The number of carbonyl (C=O) groups is 1. The maximum atomic E-state index is 13.0. The van der Waals surface area contributed by atoms with E-state index in [2.05, 4.69) is 15.9 Å². The number of hydrogen-bond acceptors (Lipinski definition) is 6. The summed E-state index contributed by atoms with van der Waals surface area (Å²) < 4.78 is 29.2. The second-order valence-corrected chi connectivity index (χ2v) is 8.29. The Morgan fingerprint density at radius 2 is 1.55 bits per heavy atom. The molecule has 6 nitrogen and oxygen atoms in total. The van der Waals surface area contributed by atoms with E-state index in [1.165, 1.54) is 0 Å². The highest BCUT2D eigenvalue weighted by Gasteiger charge is 2.30. The normalized spacial score (nSPS) is 13.5. The van der Waals surface area contributed by atoms with Crippen molar-refractivity contribution in [2.45, 2.75) is 13.5 Å². The lowest BCUT2D eigenvalue weighted by Crippen LogP contribution is -2.00. The SMILES string of the molecule is COc1cc(OC)c(OC)cc1/C=C1\Oc2c(ccc(OCc3ccc(Br)cc3)c2C)C1=O. The van der Waals surface area contributed by atoms with E-state index in [4.69, 9.17) is 23.7 Å². The van der Waals surface area contributed by atoms with Gasteiger partial charge in [0.1, 0.15) is 23.9 Å². The van der Waals surface area contributed by atoms with Gasteiger partial charge in [0.05, 0.1) is 26.9 Å². The van der Waals surface area contributed by atoms with Crippen molar-refractivity contribution >= 4 is 27.8 Å². The number of methoxy groups -OCH3 is 3. The molecule has 7 heteroatoms. The van der Waals surface area contributed by atoms with E-state index in [-0.39, 0.29) is 11.5 Å². The molecule has 0 amide bonds. The second kappa shape index (κ2) is 9.58. The van der Waals surface area contributed by atoms with Crippen LogP contribution in [0, 0.1) is 6.92 Å². The number of benzene rings is 3. The van der Waals surface area contributed by atoms with Crippen molar-refractivity contribution in [3.8, 4) is 28.7 Å². The van der Waals surface area contributed by atoms with Gasteiger partial charge in [0.15, 0.2) is 17.3 Å². The third-order valence-corrected chi connectivity index (χ3v) is 5.90. The summed E-state index contributed by atoms with van der Waals surface area (Å²) in [5.41, 5.74) is 2.93. The smallest absolute Gasteiger partial charge is 0.231 e. The third kappa shape index (κ3) is 4.54. The minimum absolute atomic E-state index is 0.198. The molecular formula is C26H23BrO6. The van der Waals surface area contributed by atoms with Gasteiger partial charge >= 0.3 is 0 Å². The lowest BCUT2D eigenvalue weighted by atomic mass is 10.1. The first-order valence-corrected chi connectivity index (χ1v) is 11.0. The van der Waals surface area contributed by atoms with Crippen molar-refractivity contribution < 1.29 is 28.5 Å². The first-order valence-electron chi connectivity index (χ1n) is 10.2. The summed E-state index contributed by atoms with van der Waals surface area (Å²) in [5.74, 6) is 2.74. The molecule has 4 rings (SSSR count). The molecule has 3 aromatic carbocycles. The van der Waals surface area contributed by atoms with Gasteiger partial charge in [0, 0.05) is 21.7 Å². The van der Waals surface area contributed by atoms with E-state index >= 15 is 0 Å². The number of ether oxygens (including phenoxy) is 5. The number of allylic oxidation sites excluding steroid dienone is 1. The Hall–Kier alpha value is -3.45. The van der Waals surface area contributed by atoms with Gasteiger partial charge in [-0.15, -0.1) is 0 Å². The number of carbonyl (C=O) groups excluding carboxylic acids is 1. The van der Waals surface area contributed by atoms with Crippen LogP contribution in [0.25, 0.3) is 6.08 Å². The Bertz CT molecular complexity index is 1230. The summed E-state index contributed by atoms with van der Waals surface area (Å²) in [6.07, 6.45) is 1.64. The molecular weight excluding hydrogens is 488 g/mol. The van der Waals surface area contributed by atoms with E-state index in [0.717, 1.165) is 15.6 Å².